The van der Waals surface area contributed by atoms with E-state index in [0.717, 1.165) is 57.3 Å². The predicted molar refractivity (Wildman–Crippen MR) is 266 cm³/mol. The predicted octanol–water partition coefficient (Wildman–Crippen LogP) is -2.07. The molecule has 1 rings (SSSR count). The van der Waals surface area contributed by atoms with Crippen molar-refractivity contribution in [2.75, 3.05) is 32.8 Å². The van der Waals surface area contributed by atoms with Crippen LogP contribution >= 0.6 is 0 Å². The molecule has 0 spiro atoms. The molecule has 28 heteroatoms. The summed E-state index contributed by atoms with van der Waals surface area (Å²) in [6, 6.07) is -9.78. The summed E-state index contributed by atoms with van der Waals surface area (Å²) in [4.78, 5) is 134. The van der Waals surface area contributed by atoms with Gasteiger partial charge in [-0.05, 0) is 57.8 Å². The number of amides is 8. The number of carboxylic acids is 2. The van der Waals surface area contributed by atoms with Gasteiger partial charge in [-0.3, -0.25) is 53.8 Å². The number of hydroxylamine groups is 4. The largest absolute Gasteiger partial charge is 0.480 e. The number of nitrogens with two attached hydrogens (primary N) is 2. The van der Waals surface area contributed by atoms with Gasteiger partial charge in [0, 0.05) is 46.4 Å². The van der Waals surface area contributed by atoms with Crippen molar-refractivity contribution in [3.8, 4) is 0 Å². The number of likely N-dealkylation sites (tertiary alicyclic amines) is 1. The number of aliphatic hydroxyl groups excluding tert-OH is 3. The number of hydrogen-bond donors (Lipinski definition) is 14. The lowest BCUT2D eigenvalue weighted by Crippen LogP contribution is -2.62. The van der Waals surface area contributed by atoms with E-state index in [1.807, 2.05) is 0 Å². The molecule has 1 aliphatic heterocycles. The number of aliphatic carboxylic acids is 2. The molecule has 0 unspecified atom stereocenters. The molecule has 0 aliphatic carbocycles. The summed E-state index contributed by atoms with van der Waals surface area (Å²) in [6.45, 7) is 3.76. The van der Waals surface area contributed by atoms with E-state index in [1.165, 1.54) is 19.8 Å². The van der Waals surface area contributed by atoms with Crippen LogP contribution in [0, 0.1) is 5.92 Å². The third kappa shape index (κ3) is 25.2. The molecule has 1 saturated heterocycles. The summed E-state index contributed by atoms with van der Waals surface area (Å²) < 4.78 is 0. The van der Waals surface area contributed by atoms with E-state index < -0.39 is 120 Å². The minimum absolute atomic E-state index is 0.0239. The van der Waals surface area contributed by atoms with E-state index >= 15 is 0 Å². The number of unbranched alkanes of at least 4 members (excludes halogenated alkanes) is 8. The second-order valence-corrected chi connectivity index (χ2v) is 18.7. The van der Waals surface area contributed by atoms with Gasteiger partial charge in [0.2, 0.25) is 47.3 Å². The fraction of sp³-hybridized carbons (Fsp3) is 0.766. The van der Waals surface area contributed by atoms with Crippen LogP contribution in [0.15, 0.2) is 4.99 Å². The van der Waals surface area contributed by atoms with Crippen LogP contribution in [0.4, 0.5) is 0 Å². The highest BCUT2D eigenvalue weighted by molar-refractivity contribution is 5.98. The van der Waals surface area contributed by atoms with Crippen molar-refractivity contribution >= 4 is 65.2 Å². The second-order valence-electron chi connectivity index (χ2n) is 18.7. The first-order valence-electron chi connectivity index (χ1n) is 25.6. The van der Waals surface area contributed by atoms with Gasteiger partial charge in [-0.2, -0.15) is 0 Å². The normalized spacial score (nSPS) is 16.3. The molecule has 1 fully saturated rings. The van der Waals surface area contributed by atoms with Crippen LogP contribution in [-0.2, 0) is 47.9 Å². The number of nitrogens with one attached hydrogen (secondary N) is 5. The van der Waals surface area contributed by atoms with E-state index in [2.05, 4.69) is 38.5 Å². The number of carboxylic acid groups (broad SMARTS) is 2. The van der Waals surface area contributed by atoms with Gasteiger partial charge in [0.25, 0.3) is 0 Å². The maximum Gasteiger partial charge on any atom is 0.335 e. The van der Waals surface area contributed by atoms with Crippen molar-refractivity contribution < 1.29 is 83.9 Å². The zero-order valence-corrected chi connectivity index (χ0v) is 43.6. The lowest BCUT2D eigenvalue weighted by molar-refractivity contribution is -0.163. The van der Waals surface area contributed by atoms with Gasteiger partial charge in [0.15, 0.2) is 12.1 Å². The molecule has 0 aromatic carbocycles. The van der Waals surface area contributed by atoms with E-state index in [1.54, 1.807) is 0 Å². The second kappa shape index (κ2) is 35.9. The van der Waals surface area contributed by atoms with Gasteiger partial charge in [-0.15, -0.1) is 0 Å². The Morgan fingerprint density at radius 3 is 1.73 bits per heavy atom. The number of aliphatic hydroxyl groups is 3. The Morgan fingerprint density at radius 1 is 0.667 bits per heavy atom. The monoisotopic (exact) mass is 1070 g/mol. The maximum atomic E-state index is 13.9. The van der Waals surface area contributed by atoms with Crippen molar-refractivity contribution in [2.24, 2.45) is 22.4 Å². The number of hydrogen-bond acceptors (Lipinski definition) is 16. The zero-order chi connectivity index (χ0) is 56.8. The van der Waals surface area contributed by atoms with E-state index in [4.69, 9.17) is 11.5 Å². The summed E-state index contributed by atoms with van der Waals surface area (Å²) in [7, 11) is 0. The van der Waals surface area contributed by atoms with Crippen LogP contribution in [0.1, 0.15) is 143 Å². The van der Waals surface area contributed by atoms with Crippen LogP contribution in [-0.4, -0.2) is 197 Å². The lowest BCUT2D eigenvalue weighted by Gasteiger charge is -2.31. The van der Waals surface area contributed by atoms with Gasteiger partial charge in [0.05, 0.1) is 24.7 Å². The molecule has 428 valence electrons. The Balaban J connectivity index is 3.24. The highest BCUT2D eigenvalue weighted by Crippen LogP contribution is 2.20. The Bertz CT molecular complexity index is 1910. The van der Waals surface area contributed by atoms with E-state index in [9.17, 15) is 83.9 Å². The quantitative estimate of drug-likeness (QED) is 0.0104. The SMILES string of the molecule is CCCCCCCCCCCC(=O)N[C@@H](CCCN=C(N)N)[C@@H](O)[C@H](C)C(=O)N[C@H](C(=O)N[C@H](CO)C(=O)N1CCC[C@H]1C(=O)N[C@@H](CCCN(O)C(C)=O)C(=O)N[C@@H](CCCN(O)C(C)=O)C(=O)O)[C@H](O)C(=O)O. The van der Waals surface area contributed by atoms with Crippen LogP contribution in [0.25, 0.3) is 0 Å². The van der Waals surface area contributed by atoms with Gasteiger partial charge < -0.3 is 68.5 Å². The summed E-state index contributed by atoms with van der Waals surface area (Å²) in [5.74, 6) is -12.7. The first-order chi connectivity index (χ1) is 35.4. The van der Waals surface area contributed by atoms with Crippen molar-refractivity contribution in [1.82, 2.24) is 41.6 Å². The van der Waals surface area contributed by atoms with Gasteiger partial charge >= 0.3 is 11.9 Å². The molecule has 28 nitrogen and oxygen atoms in total. The van der Waals surface area contributed by atoms with Crippen molar-refractivity contribution in [2.45, 2.75) is 192 Å². The summed E-state index contributed by atoms with van der Waals surface area (Å²) in [5, 5.41) is 83.8. The molecule has 0 saturated carbocycles. The number of guanidine groups is 1. The summed E-state index contributed by atoms with van der Waals surface area (Å²) in [6.07, 6.45) is 4.75. The Labute approximate surface area is 436 Å². The molecule has 75 heavy (non-hydrogen) atoms. The Kier molecular flexibility index (Phi) is 31.9. The molecular weight excluding hydrogens is 991 g/mol. The van der Waals surface area contributed by atoms with Gasteiger partial charge in [0.1, 0.15) is 30.2 Å². The number of carbonyl (C=O) groups is 10. The van der Waals surface area contributed by atoms with Crippen LogP contribution in [0.2, 0.25) is 0 Å². The van der Waals surface area contributed by atoms with Crippen molar-refractivity contribution in [3.63, 3.8) is 0 Å². The molecule has 0 radical (unpaired) electrons. The topological polar surface area (TPSA) is 447 Å². The summed E-state index contributed by atoms with van der Waals surface area (Å²) in [5.41, 5.74) is 10.9. The molecule has 16 N–H and O–H groups in total. The molecule has 0 aromatic heterocycles. The maximum absolute atomic E-state index is 13.9. The molecule has 9 atom stereocenters. The smallest absolute Gasteiger partial charge is 0.335 e. The van der Waals surface area contributed by atoms with Crippen molar-refractivity contribution in [3.05, 3.63) is 0 Å². The minimum Gasteiger partial charge on any atom is -0.480 e. The lowest BCUT2D eigenvalue weighted by atomic mass is 9.93. The molecule has 0 bridgehead atoms. The number of rotatable bonds is 38. The van der Waals surface area contributed by atoms with Gasteiger partial charge in [-0.25, -0.2) is 19.7 Å². The zero-order valence-electron chi connectivity index (χ0n) is 43.6. The van der Waals surface area contributed by atoms with Crippen LogP contribution in [0.3, 0.4) is 0 Å². The van der Waals surface area contributed by atoms with E-state index in [0.29, 0.717) is 16.5 Å². The molecule has 8 amide bonds. The summed E-state index contributed by atoms with van der Waals surface area (Å²) >= 11 is 0. The highest BCUT2D eigenvalue weighted by Gasteiger charge is 2.42. The van der Waals surface area contributed by atoms with Gasteiger partial charge in [-0.1, -0.05) is 65.2 Å². The fourth-order valence-electron chi connectivity index (χ4n) is 8.16. The van der Waals surface area contributed by atoms with Crippen LogP contribution < -0.4 is 38.1 Å². The third-order valence-electron chi connectivity index (χ3n) is 12.6. The number of nitrogens with zero attached hydrogens (tertiary/aromatic N) is 4. The Hall–Kier alpha value is -6.23. The van der Waals surface area contributed by atoms with Crippen LogP contribution in [0.5, 0.6) is 0 Å². The standard InChI is InChI=1S/C47H83N11O17/c1-5-6-7-8-9-10-11-12-13-22-36(62)51-31(18-14-23-50-47(48)49)38(63)28(2)40(65)55-37(39(64)46(72)73)43(68)54-34(27-59)44(69)56-24-17-21-35(56)42(67)52-32(19-15-25-57(74)29(3)60)41(66)53-33(45(70)71)20-16-26-58(75)30(4)61/h28,31-35,37-39,59,63-64,74-75H,5-27H2,1-4H3,(H,51,62)(H,52,67)(H,53,66)(H,54,68)(H,55,65)(H,70,71)(H,72,73)(H4,48,49,50)/t28-,31-,32-,33-,34+,35-,37-,38-,39-/m0/s1. The molecule has 1 heterocycles. The van der Waals surface area contributed by atoms with E-state index in [-0.39, 0.29) is 89.9 Å². The van der Waals surface area contributed by atoms with Crippen molar-refractivity contribution in [1.29, 1.82) is 0 Å². The molecular formula is C47H83N11O17. The molecule has 1 aliphatic rings. The fourth-order valence-corrected chi connectivity index (χ4v) is 8.16. The minimum atomic E-state index is -2.65. The number of carbonyl (C=O) groups excluding carboxylic acids is 8. The highest BCUT2D eigenvalue weighted by atomic mass is 16.5. The number of aliphatic imine (C=N–C) groups is 1. The first kappa shape index (κ1) is 66.8. The average molecular weight is 1070 g/mol. The first-order valence-corrected chi connectivity index (χ1v) is 25.6. The molecule has 0 aromatic rings. The average Bonchev–Trinajstić information content (AvgIpc) is 3.86. The Morgan fingerprint density at radius 2 is 1.21 bits per heavy atom. The third-order valence-corrected chi connectivity index (χ3v) is 12.6.